The third-order valence-corrected chi connectivity index (χ3v) is 6.08. The first-order valence-corrected chi connectivity index (χ1v) is 12.2. The van der Waals surface area contributed by atoms with Crippen LogP contribution in [0.15, 0.2) is 36.5 Å². The summed E-state index contributed by atoms with van der Waals surface area (Å²) in [6, 6.07) is 5.91. The molecule has 4 rings (SSSR count). The number of benzene rings is 1. The zero-order chi connectivity index (χ0) is 28.5. The van der Waals surface area contributed by atoms with Crippen LogP contribution in [0.3, 0.4) is 0 Å². The Morgan fingerprint density at radius 2 is 1.77 bits per heavy atom. The van der Waals surface area contributed by atoms with Gasteiger partial charge in [-0.25, -0.2) is 14.6 Å². The average molecular weight is 548 g/mol. The largest absolute Gasteiger partial charge is 0.465 e. The van der Waals surface area contributed by atoms with E-state index in [0.29, 0.717) is 36.8 Å². The number of fused-ring (bicyclic) bond motifs is 1. The van der Waals surface area contributed by atoms with E-state index in [9.17, 15) is 27.6 Å². The fourth-order valence-corrected chi connectivity index (χ4v) is 4.20. The van der Waals surface area contributed by atoms with E-state index in [2.05, 4.69) is 15.4 Å². The highest BCUT2D eigenvalue weighted by Gasteiger charge is 2.33. The van der Waals surface area contributed by atoms with E-state index >= 15 is 0 Å². The first-order chi connectivity index (χ1) is 18.2. The lowest BCUT2D eigenvalue weighted by Crippen LogP contribution is -2.42. The molecule has 3 heterocycles. The molecule has 1 aliphatic heterocycles. The van der Waals surface area contributed by atoms with Gasteiger partial charge in [0, 0.05) is 24.7 Å². The summed E-state index contributed by atoms with van der Waals surface area (Å²) in [7, 11) is 1.17. The van der Waals surface area contributed by atoms with Gasteiger partial charge in [-0.1, -0.05) is 6.07 Å². The second-order valence-electron chi connectivity index (χ2n) is 10.1. The molecule has 1 fully saturated rings. The topological polar surface area (TPSA) is 116 Å². The molecule has 10 nitrogen and oxygen atoms in total. The van der Waals surface area contributed by atoms with Crippen molar-refractivity contribution in [2.45, 2.75) is 51.4 Å². The molecule has 13 heteroatoms. The number of piperidine rings is 1. The molecule has 0 spiro atoms. The normalized spacial score (nSPS) is 14.8. The van der Waals surface area contributed by atoms with Crippen molar-refractivity contribution in [2.75, 3.05) is 25.5 Å². The molecule has 0 bridgehead atoms. The van der Waals surface area contributed by atoms with Crippen molar-refractivity contribution in [3.63, 3.8) is 0 Å². The number of hydrogen-bond donors (Lipinski definition) is 1. The van der Waals surface area contributed by atoms with Crippen LogP contribution < -0.4 is 5.32 Å². The predicted molar refractivity (Wildman–Crippen MR) is 134 cm³/mol. The summed E-state index contributed by atoms with van der Waals surface area (Å²) >= 11 is 0. The van der Waals surface area contributed by atoms with Crippen LogP contribution in [-0.2, 0) is 15.7 Å². The fraction of sp³-hybridized carbons (Fsp3) is 0.423. The molecule has 0 aliphatic carbocycles. The van der Waals surface area contributed by atoms with E-state index in [1.54, 1.807) is 15.8 Å². The van der Waals surface area contributed by atoms with Gasteiger partial charge in [0.2, 0.25) is 0 Å². The highest BCUT2D eigenvalue weighted by Crippen LogP contribution is 2.30. The highest BCUT2D eigenvalue weighted by molar-refractivity contribution is 6.09. The van der Waals surface area contributed by atoms with Crippen LogP contribution in [0, 0.1) is 0 Å². The molecular formula is C26H28F3N5O5. The minimum atomic E-state index is -4.72. The van der Waals surface area contributed by atoms with Gasteiger partial charge in [-0.2, -0.15) is 18.3 Å². The van der Waals surface area contributed by atoms with Gasteiger partial charge in [0.05, 0.1) is 29.9 Å². The molecule has 1 aromatic carbocycles. The van der Waals surface area contributed by atoms with Gasteiger partial charge in [0.15, 0.2) is 0 Å². The zero-order valence-electron chi connectivity index (χ0n) is 21.8. The van der Waals surface area contributed by atoms with E-state index in [-0.39, 0.29) is 23.4 Å². The van der Waals surface area contributed by atoms with Crippen molar-refractivity contribution in [3.05, 3.63) is 53.5 Å². The maximum atomic E-state index is 13.0. The van der Waals surface area contributed by atoms with Gasteiger partial charge in [0.1, 0.15) is 17.0 Å². The number of alkyl halides is 3. The minimum absolute atomic E-state index is 0.0182. The van der Waals surface area contributed by atoms with Gasteiger partial charge in [-0.15, -0.1) is 0 Å². The number of pyridine rings is 1. The second kappa shape index (κ2) is 10.5. The Hall–Kier alpha value is -4.16. The Morgan fingerprint density at radius 3 is 2.38 bits per heavy atom. The Bertz CT molecular complexity index is 1410. The number of esters is 1. The van der Waals surface area contributed by atoms with Gasteiger partial charge in [-0.3, -0.25) is 9.48 Å². The summed E-state index contributed by atoms with van der Waals surface area (Å²) in [6.45, 7) is 6.38. The summed E-state index contributed by atoms with van der Waals surface area (Å²) in [5.41, 5.74) is -1.78. The van der Waals surface area contributed by atoms with Crippen LogP contribution >= 0.6 is 0 Å². The summed E-state index contributed by atoms with van der Waals surface area (Å²) in [5.74, 6) is -1.68. The monoisotopic (exact) mass is 547 g/mol. The number of methoxy groups -OCH3 is 1. The second-order valence-corrected chi connectivity index (χ2v) is 10.1. The van der Waals surface area contributed by atoms with Crippen molar-refractivity contribution in [2.24, 2.45) is 0 Å². The Morgan fingerprint density at radius 1 is 1.08 bits per heavy atom. The van der Waals surface area contributed by atoms with Gasteiger partial charge in [0.25, 0.3) is 5.91 Å². The Kier molecular flexibility index (Phi) is 7.53. The number of nitrogens with one attached hydrogen (secondary N) is 1. The van der Waals surface area contributed by atoms with Crippen LogP contribution in [0.25, 0.3) is 10.9 Å². The quantitative estimate of drug-likeness (QED) is 0.454. The molecule has 3 aromatic rings. The third kappa shape index (κ3) is 6.47. The number of likely N-dealkylation sites (tertiary alicyclic amines) is 1. The zero-order valence-corrected chi connectivity index (χ0v) is 21.8. The number of amides is 2. The van der Waals surface area contributed by atoms with Crippen molar-refractivity contribution >= 4 is 34.6 Å². The van der Waals surface area contributed by atoms with Crippen LogP contribution in [0.2, 0.25) is 0 Å². The molecule has 0 radical (unpaired) electrons. The van der Waals surface area contributed by atoms with Gasteiger partial charge >= 0.3 is 18.2 Å². The standard InChI is InChI=1S/C26H28F3N5O5/c1-25(2,3)39-24(37)33-10-8-16(9-11-33)34-14-15-12-20(17(23(36)38-4)13-19(15)32-34)31-22(35)18-6-5-7-21(30-18)26(27,28)29/h5-7,12-14,16H,8-11H2,1-4H3,(H,31,35). The summed E-state index contributed by atoms with van der Waals surface area (Å²) < 4.78 is 51.1. The molecule has 39 heavy (non-hydrogen) atoms. The van der Waals surface area contributed by atoms with Crippen LogP contribution in [0.4, 0.5) is 23.7 Å². The maximum Gasteiger partial charge on any atom is 0.433 e. The number of carbonyl (C=O) groups is 3. The van der Waals surface area contributed by atoms with Crippen LogP contribution in [0.5, 0.6) is 0 Å². The molecule has 0 atom stereocenters. The molecule has 1 aliphatic rings. The Balaban J connectivity index is 1.56. The number of aromatic nitrogens is 3. The number of hydrogen-bond acceptors (Lipinski definition) is 7. The van der Waals surface area contributed by atoms with Crippen LogP contribution in [0.1, 0.15) is 66.2 Å². The molecule has 0 unspecified atom stereocenters. The lowest BCUT2D eigenvalue weighted by Gasteiger charge is -2.33. The number of anilines is 1. The molecule has 208 valence electrons. The number of ether oxygens (including phenoxy) is 2. The van der Waals surface area contributed by atoms with Gasteiger partial charge < -0.3 is 19.7 Å². The SMILES string of the molecule is COC(=O)c1cc2nn(C3CCN(C(=O)OC(C)(C)C)CC3)cc2cc1NC(=O)c1cccc(C(F)(F)F)n1. The smallest absolute Gasteiger partial charge is 0.433 e. The molecule has 2 aromatic heterocycles. The third-order valence-electron chi connectivity index (χ3n) is 6.08. The fourth-order valence-electron chi connectivity index (χ4n) is 4.20. The molecule has 0 saturated carbocycles. The van der Waals surface area contributed by atoms with Crippen molar-refractivity contribution in [1.29, 1.82) is 0 Å². The number of rotatable bonds is 4. The molecule has 1 saturated heterocycles. The van der Waals surface area contributed by atoms with Gasteiger partial charge in [-0.05, 0) is 57.9 Å². The van der Waals surface area contributed by atoms with Crippen molar-refractivity contribution < 1.29 is 37.0 Å². The van der Waals surface area contributed by atoms with Crippen LogP contribution in [-0.4, -0.2) is 63.4 Å². The lowest BCUT2D eigenvalue weighted by atomic mass is 10.1. The van der Waals surface area contributed by atoms with Crippen molar-refractivity contribution in [3.8, 4) is 0 Å². The first-order valence-electron chi connectivity index (χ1n) is 12.2. The van der Waals surface area contributed by atoms with E-state index in [4.69, 9.17) is 9.47 Å². The maximum absolute atomic E-state index is 13.0. The Labute approximate surface area is 222 Å². The first kappa shape index (κ1) is 27.9. The summed E-state index contributed by atoms with van der Waals surface area (Å²) in [4.78, 5) is 42.6. The summed E-state index contributed by atoms with van der Waals surface area (Å²) in [6.07, 6.45) is -2.08. The average Bonchev–Trinajstić information content (AvgIpc) is 3.29. The number of carbonyl (C=O) groups excluding carboxylic acids is 3. The minimum Gasteiger partial charge on any atom is -0.465 e. The summed E-state index contributed by atoms with van der Waals surface area (Å²) in [5, 5.41) is 7.65. The van der Waals surface area contributed by atoms with E-state index in [0.717, 1.165) is 18.2 Å². The van der Waals surface area contributed by atoms with E-state index < -0.39 is 35.0 Å². The lowest BCUT2D eigenvalue weighted by molar-refractivity contribution is -0.141. The van der Waals surface area contributed by atoms with Crippen molar-refractivity contribution in [1.82, 2.24) is 19.7 Å². The molecular weight excluding hydrogens is 519 g/mol. The predicted octanol–water partition coefficient (Wildman–Crippen LogP) is 5.06. The van der Waals surface area contributed by atoms with E-state index in [1.165, 1.54) is 19.2 Å². The number of halogens is 3. The number of nitrogens with zero attached hydrogens (tertiary/aromatic N) is 4. The van der Waals surface area contributed by atoms with E-state index in [1.807, 2.05) is 20.8 Å². The molecule has 2 amide bonds. The highest BCUT2D eigenvalue weighted by atomic mass is 19.4. The molecule has 1 N–H and O–H groups in total.